The fourth-order valence-electron chi connectivity index (χ4n) is 2.09. The molecule has 1 aliphatic carbocycles. The van der Waals surface area contributed by atoms with Gasteiger partial charge in [0.05, 0.1) is 5.54 Å². The van der Waals surface area contributed by atoms with Crippen molar-refractivity contribution in [1.29, 1.82) is 0 Å². The maximum Gasteiger partial charge on any atom is 0.224 e. The van der Waals surface area contributed by atoms with Gasteiger partial charge in [-0.3, -0.25) is 0 Å². The van der Waals surface area contributed by atoms with E-state index in [0.29, 0.717) is 22.9 Å². The van der Waals surface area contributed by atoms with E-state index in [1.165, 1.54) is 0 Å². The lowest BCUT2D eigenvalue weighted by Gasteiger charge is -2.18. The van der Waals surface area contributed by atoms with Gasteiger partial charge in [-0.05, 0) is 35.6 Å². The minimum atomic E-state index is -1.10. The lowest BCUT2D eigenvalue weighted by molar-refractivity contribution is 0.371. The Balaban J connectivity index is 2.00. The van der Waals surface area contributed by atoms with E-state index in [9.17, 15) is 9.66 Å². The maximum atomic E-state index is 11.9. The Labute approximate surface area is 112 Å². The minimum Gasteiger partial charge on any atom is -0.611 e. The molecule has 2 aliphatic rings. The third kappa shape index (κ3) is 1.84. The summed E-state index contributed by atoms with van der Waals surface area (Å²) in [5.41, 5.74) is 0.202. The molecule has 5 nitrogen and oxygen atoms in total. The fraction of sp³-hybridized carbons (Fsp3) is 0.455. The number of hydrogen-bond donors (Lipinski definition) is 2. The molecule has 0 bridgehead atoms. The van der Waals surface area contributed by atoms with E-state index in [4.69, 9.17) is 11.6 Å². The van der Waals surface area contributed by atoms with Crippen molar-refractivity contribution >= 4 is 28.6 Å². The molecular formula is C11H12ClN3O2S. The zero-order chi connectivity index (χ0) is 12.9. The van der Waals surface area contributed by atoms with Crippen LogP contribution in [0.25, 0.3) is 0 Å². The molecule has 96 valence electrons. The molecule has 7 heteroatoms. The molecule has 1 aromatic heterocycles. The number of anilines is 1. The summed E-state index contributed by atoms with van der Waals surface area (Å²) >= 11 is 4.76. The summed E-state index contributed by atoms with van der Waals surface area (Å²) in [4.78, 5) is 8.81. The molecule has 0 saturated heterocycles. The van der Waals surface area contributed by atoms with Crippen molar-refractivity contribution in [1.82, 2.24) is 9.97 Å². The number of aromatic nitrogens is 2. The van der Waals surface area contributed by atoms with Crippen molar-refractivity contribution in [2.75, 3.05) is 11.1 Å². The second-order valence-electron chi connectivity index (χ2n) is 4.57. The highest BCUT2D eigenvalue weighted by molar-refractivity contribution is 7.91. The van der Waals surface area contributed by atoms with Gasteiger partial charge in [0.25, 0.3) is 0 Å². The van der Waals surface area contributed by atoms with Gasteiger partial charge in [0.15, 0.2) is 5.82 Å². The van der Waals surface area contributed by atoms with Crippen molar-refractivity contribution in [3.63, 3.8) is 0 Å². The van der Waals surface area contributed by atoms with Crippen molar-refractivity contribution in [3.8, 4) is 0 Å². The number of rotatable bonds is 3. The molecule has 1 aliphatic heterocycles. The van der Waals surface area contributed by atoms with E-state index in [2.05, 4.69) is 21.9 Å². The van der Waals surface area contributed by atoms with Gasteiger partial charge >= 0.3 is 0 Å². The molecule has 1 fully saturated rings. The van der Waals surface area contributed by atoms with E-state index in [1.54, 1.807) is 0 Å². The van der Waals surface area contributed by atoms with Crippen molar-refractivity contribution < 1.29 is 9.66 Å². The van der Waals surface area contributed by atoms with Crippen molar-refractivity contribution in [3.05, 3.63) is 23.3 Å². The SMILES string of the molecule is C=C(O)C1(Nc2nc(Cl)nc3c2[S+]([O-])CC3)CC1. The average Bonchev–Trinajstić information content (AvgIpc) is 2.98. The van der Waals surface area contributed by atoms with E-state index in [-0.39, 0.29) is 11.0 Å². The summed E-state index contributed by atoms with van der Waals surface area (Å²) in [5.74, 6) is 1.09. The van der Waals surface area contributed by atoms with E-state index < -0.39 is 16.7 Å². The van der Waals surface area contributed by atoms with Crippen molar-refractivity contribution in [2.45, 2.75) is 29.7 Å². The number of aryl methyl sites for hydroxylation is 1. The van der Waals surface area contributed by atoms with Gasteiger partial charge in [0.1, 0.15) is 17.2 Å². The summed E-state index contributed by atoms with van der Waals surface area (Å²) in [6.07, 6.45) is 2.21. The van der Waals surface area contributed by atoms with Crippen LogP contribution in [-0.2, 0) is 17.6 Å². The van der Waals surface area contributed by atoms with Gasteiger partial charge in [-0.15, -0.1) is 0 Å². The third-order valence-electron chi connectivity index (χ3n) is 3.32. The van der Waals surface area contributed by atoms with Gasteiger partial charge in [0.2, 0.25) is 10.2 Å². The molecule has 1 aromatic rings. The number of hydrogen-bond acceptors (Lipinski definition) is 5. The normalized spacial score (nSPS) is 23.6. The summed E-state index contributed by atoms with van der Waals surface area (Å²) in [6.45, 7) is 3.56. The smallest absolute Gasteiger partial charge is 0.224 e. The van der Waals surface area contributed by atoms with Crippen LogP contribution in [0.3, 0.4) is 0 Å². The average molecular weight is 286 g/mol. The molecule has 0 amide bonds. The summed E-state index contributed by atoms with van der Waals surface area (Å²) in [6, 6.07) is 0. The van der Waals surface area contributed by atoms with Gasteiger partial charge in [0, 0.05) is 6.42 Å². The molecule has 18 heavy (non-hydrogen) atoms. The summed E-state index contributed by atoms with van der Waals surface area (Å²) < 4.78 is 11.9. The third-order valence-corrected chi connectivity index (χ3v) is 4.95. The Morgan fingerprint density at radius 3 is 2.83 bits per heavy atom. The highest BCUT2D eigenvalue weighted by Gasteiger charge is 2.48. The number of nitrogens with zero attached hydrogens (tertiary/aromatic N) is 2. The zero-order valence-corrected chi connectivity index (χ0v) is 11.1. The largest absolute Gasteiger partial charge is 0.611 e. The first kappa shape index (κ1) is 12.1. The second-order valence-corrected chi connectivity index (χ2v) is 6.42. The lowest BCUT2D eigenvalue weighted by atomic mass is 10.2. The standard InChI is InChI=1S/C11H12ClN3O2S/c1-6(16)11(3-4-11)15-9-8-7(2-5-18(8)17)13-10(12)14-9/h16H,1-5H2,(H,13,14,15). The van der Waals surface area contributed by atoms with Gasteiger partial charge in [-0.1, -0.05) is 6.58 Å². The van der Waals surface area contributed by atoms with Crippen molar-refractivity contribution in [2.24, 2.45) is 0 Å². The number of nitrogens with one attached hydrogen (secondary N) is 1. The van der Waals surface area contributed by atoms with Crippen LogP contribution in [0.15, 0.2) is 17.2 Å². The Morgan fingerprint density at radius 2 is 2.22 bits per heavy atom. The van der Waals surface area contributed by atoms with E-state index in [0.717, 1.165) is 18.5 Å². The topological polar surface area (TPSA) is 81.1 Å². The maximum absolute atomic E-state index is 11.9. The first-order chi connectivity index (χ1) is 8.52. The monoisotopic (exact) mass is 285 g/mol. The van der Waals surface area contributed by atoms with Gasteiger partial charge in [-0.2, -0.15) is 4.98 Å². The van der Waals surface area contributed by atoms with Crippen LogP contribution >= 0.6 is 11.6 Å². The van der Waals surface area contributed by atoms with E-state index >= 15 is 0 Å². The molecule has 2 N–H and O–H groups in total. The lowest BCUT2D eigenvalue weighted by Crippen LogP contribution is -2.25. The van der Waals surface area contributed by atoms with E-state index in [1.807, 2.05) is 0 Å². The van der Waals surface area contributed by atoms with Crippen LogP contribution < -0.4 is 5.32 Å². The predicted octanol–water partition coefficient (Wildman–Crippen LogP) is 1.81. The predicted molar refractivity (Wildman–Crippen MR) is 69.4 cm³/mol. The molecule has 1 saturated carbocycles. The van der Waals surface area contributed by atoms with Gasteiger partial charge < -0.3 is 15.0 Å². The molecule has 1 atom stereocenters. The Morgan fingerprint density at radius 1 is 1.50 bits per heavy atom. The number of aliphatic hydroxyl groups is 1. The molecule has 0 spiro atoms. The van der Waals surface area contributed by atoms with Crippen LogP contribution in [0, 0.1) is 0 Å². The summed E-state index contributed by atoms with van der Waals surface area (Å²) in [5, 5.41) is 12.8. The van der Waals surface area contributed by atoms with Crippen LogP contribution in [0.2, 0.25) is 5.28 Å². The Hall–Kier alpha value is -0.980. The Kier molecular flexibility index (Phi) is 2.69. The van der Waals surface area contributed by atoms with Crippen LogP contribution in [-0.4, -0.2) is 30.9 Å². The summed E-state index contributed by atoms with van der Waals surface area (Å²) in [7, 11) is 0. The minimum absolute atomic E-state index is 0.0785. The zero-order valence-electron chi connectivity index (χ0n) is 9.57. The first-order valence-electron chi connectivity index (χ1n) is 5.63. The number of halogens is 1. The van der Waals surface area contributed by atoms with Gasteiger partial charge in [-0.25, -0.2) is 4.98 Å². The number of aliphatic hydroxyl groups excluding tert-OH is 1. The molecule has 3 rings (SSSR count). The quantitative estimate of drug-likeness (QED) is 0.503. The Bertz CT molecular complexity index is 533. The molecule has 2 heterocycles. The molecular weight excluding hydrogens is 274 g/mol. The van der Waals surface area contributed by atoms with Crippen LogP contribution in [0.4, 0.5) is 5.82 Å². The molecule has 0 aromatic carbocycles. The molecule has 1 unspecified atom stereocenters. The van der Waals surface area contributed by atoms with Crippen LogP contribution in [0.5, 0.6) is 0 Å². The number of fused-ring (bicyclic) bond motifs is 1. The second kappa shape index (κ2) is 4.01. The fourth-order valence-corrected chi connectivity index (χ4v) is 3.58. The highest BCUT2D eigenvalue weighted by atomic mass is 35.5. The van der Waals surface area contributed by atoms with Crippen LogP contribution in [0.1, 0.15) is 18.5 Å². The molecule has 0 radical (unpaired) electrons. The first-order valence-corrected chi connectivity index (χ1v) is 7.33. The highest BCUT2D eigenvalue weighted by Crippen LogP contribution is 2.45.